The number of nitrogens with zero attached hydrogens (tertiary/aromatic N) is 1. The molecule has 0 aromatic carbocycles. The molecule has 1 aromatic rings. The molecule has 0 radical (unpaired) electrons. The lowest BCUT2D eigenvalue weighted by molar-refractivity contribution is 0.0884. The quantitative estimate of drug-likeness (QED) is 0.888. The number of amides is 1. The minimum atomic E-state index is -0.0507. The van der Waals surface area contributed by atoms with Crippen LogP contribution in [0.5, 0.6) is 0 Å². The number of anilines is 1. The SMILES string of the molecule is CNc1ccc(C(=O)NC2CCCCC2C(C)C)nc1. The molecule has 0 saturated heterocycles. The van der Waals surface area contributed by atoms with E-state index in [1.54, 1.807) is 12.3 Å². The van der Waals surface area contributed by atoms with Crippen molar-refractivity contribution in [2.45, 2.75) is 45.6 Å². The van der Waals surface area contributed by atoms with E-state index in [1.165, 1.54) is 19.3 Å². The highest BCUT2D eigenvalue weighted by molar-refractivity contribution is 5.92. The molecule has 1 amide bonds. The molecule has 4 heteroatoms. The number of nitrogens with one attached hydrogen (secondary N) is 2. The maximum Gasteiger partial charge on any atom is 0.270 e. The third kappa shape index (κ3) is 3.50. The van der Waals surface area contributed by atoms with E-state index in [0.29, 0.717) is 23.6 Å². The Labute approximate surface area is 121 Å². The summed E-state index contributed by atoms with van der Waals surface area (Å²) < 4.78 is 0. The van der Waals surface area contributed by atoms with Crippen molar-refractivity contribution in [1.82, 2.24) is 10.3 Å². The summed E-state index contributed by atoms with van der Waals surface area (Å²) in [5, 5.41) is 6.18. The minimum absolute atomic E-state index is 0.0507. The Balaban J connectivity index is 2.01. The second kappa shape index (κ2) is 6.73. The lowest BCUT2D eigenvalue weighted by Crippen LogP contribution is -2.44. The van der Waals surface area contributed by atoms with Crippen molar-refractivity contribution >= 4 is 11.6 Å². The maximum absolute atomic E-state index is 12.3. The lowest BCUT2D eigenvalue weighted by Gasteiger charge is -2.34. The second-order valence-electron chi connectivity index (χ2n) is 5.95. The first-order chi connectivity index (χ1) is 9.61. The van der Waals surface area contributed by atoms with Crippen molar-refractivity contribution in [3.05, 3.63) is 24.0 Å². The normalized spacial score (nSPS) is 22.6. The summed E-state index contributed by atoms with van der Waals surface area (Å²) in [6, 6.07) is 3.94. The summed E-state index contributed by atoms with van der Waals surface area (Å²) in [4.78, 5) is 16.5. The van der Waals surface area contributed by atoms with Gasteiger partial charge in [-0.3, -0.25) is 4.79 Å². The molecule has 0 aliphatic heterocycles. The second-order valence-corrected chi connectivity index (χ2v) is 5.95. The van der Waals surface area contributed by atoms with E-state index in [9.17, 15) is 4.79 Å². The first kappa shape index (κ1) is 14.8. The van der Waals surface area contributed by atoms with E-state index in [-0.39, 0.29) is 5.91 Å². The third-order valence-electron chi connectivity index (χ3n) is 4.28. The highest BCUT2D eigenvalue weighted by atomic mass is 16.1. The van der Waals surface area contributed by atoms with Crippen molar-refractivity contribution in [1.29, 1.82) is 0 Å². The van der Waals surface area contributed by atoms with Crippen LogP contribution in [-0.4, -0.2) is 24.0 Å². The standard InChI is InChI=1S/C16H25N3O/c1-11(2)13-6-4-5-7-14(13)19-16(20)15-9-8-12(17-3)10-18-15/h8-11,13-14,17H,4-7H2,1-3H3,(H,19,20). The molecule has 2 unspecified atom stereocenters. The van der Waals surface area contributed by atoms with Crippen LogP contribution in [0, 0.1) is 11.8 Å². The number of pyridine rings is 1. The Morgan fingerprint density at radius 3 is 2.65 bits per heavy atom. The summed E-state index contributed by atoms with van der Waals surface area (Å²) in [5.74, 6) is 1.15. The third-order valence-corrected chi connectivity index (χ3v) is 4.28. The van der Waals surface area contributed by atoms with Crippen molar-refractivity contribution < 1.29 is 4.79 Å². The largest absolute Gasteiger partial charge is 0.387 e. The zero-order valence-corrected chi connectivity index (χ0v) is 12.6. The lowest BCUT2D eigenvalue weighted by atomic mass is 9.78. The molecule has 1 heterocycles. The zero-order chi connectivity index (χ0) is 14.5. The van der Waals surface area contributed by atoms with Gasteiger partial charge >= 0.3 is 0 Å². The maximum atomic E-state index is 12.3. The number of aromatic nitrogens is 1. The summed E-state index contributed by atoms with van der Waals surface area (Å²) >= 11 is 0. The highest BCUT2D eigenvalue weighted by Gasteiger charge is 2.29. The minimum Gasteiger partial charge on any atom is -0.387 e. The molecule has 2 atom stereocenters. The zero-order valence-electron chi connectivity index (χ0n) is 12.6. The molecule has 0 bridgehead atoms. The molecule has 1 aliphatic rings. The molecule has 1 aromatic heterocycles. The van der Waals surface area contributed by atoms with Gasteiger partial charge in [-0.2, -0.15) is 0 Å². The van der Waals surface area contributed by atoms with Crippen LogP contribution in [0.25, 0.3) is 0 Å². The van der Waals surface area contributed by atoms with Crippen LogP contribution in [0.15, 0.2) is 18.3 Å². The fourth-order valence-corrected chi connectivity index (χ4v) is 3.06. The van der Waals surface area contributed by atoms with Crippen LogP contribution in [0.3, 0.4) is 0 Å². The molecule has 110 valence electrons. The van der Waals surface area contributed by atoms with Crippen molar-refractivity contribution in [3.63, 3.8) is 0 Å². The Bertz CT molecular complexity index is 442. The summed E-state index contributed by atoms with van der Waals surface area (Å²) in [6.07, 6.45) is 6.48. The van der Waals surface area contributed by atoms with Crippen LogP contribution < -0.4 is 10.6 Å². The van der Waals surface area contributed by atoms with Gasteiger partial charge in [-0.25, -0.2) is 4.98 Å². The number of hydrogen-bond donors (Lipinski definition) is 2. The van der Waals surface area contributed by atoms with Crippen LogP contribution in [0.1, 0.15) is 50.0 Å². The van der Waals surface area contributed by atoms with Gasteiger partial charge < -0.3 is 10.6 Å². The molecule has 2 N–H and O–H groups in total. The molecule has 1 fully saturated rings. The number of carbonyl (C=O) groups excluding carboxylic acids is 1. The monoisotopic (exact) mass is 275 g/mol. The summed E-state index contributed by atoms with van der Waals surface area (Å²) in [7, 11) is 1.84. The smallest absolute Gasteiger partial charge is 0.270 e. The van der Waals surface area contributed by atoms with E-state index >= 15 is 0 Å². The van der Waals surface area contributed by atoms with Crippen molar-refractivity contribution in [3.8, 4) is 0 Å². The molecule has 1 aliphatic carbocycles. The van der Waals surface area contributed by atoms with Gasteiger partial charge in [-0.05, 0) is 36.8 Å². The average molecular weight is 275 g/mol. The molecule has 20 heavy (non-hydrogen) atoms. The Morgan fingerprint density at radius 2 is 2.05 bits per heavy atom. The molecule has 1 saturated carbocycles. The fraction of sp³-hybridized carbons (Fsp3) is 0.625. The summed E-state index contributed by atoms with van der Waals surface area (Å²) in [6.45, 7) is 4.49. The van der Waals surface area contributed by atoms with Gasteiger partial charge in [0, 0.05) is 13.1 Å². The van der Waals surface area contributed by atoms with Gasteiger partial charge in [0.25, 0.3) is 5.91 Å². The summed E-state index contributed by atoms with van der Waals surface area (Å²) in [5.41, 5.74) is 1.41. The van der Waals surface area contributed by atoms with Crippen molar-refractivity contribution in [2.75, 3.05) is 12.4 Å². The van der Waals surface area contributed by atoms with Crippen LogP contribution in [0.4, 0.5) is 5.69 Å². The Kier molecular flexibility index (Phi) is 4.99. The number of carbonyl (C=O) groups is 1. The van der Waals surface area contributed by atoms with Crippen LogP contribution >= 0.6 is 0 Å². The van der Waals surface area contributed by atoms with Gasteiger partial charge in [0.2, 0.25) is 0 Å². The van der Waals surface area contributed by atoms with Gasteiger partial charge in [-0.15, -0.1) is 0 Å². The Hall–Kier alpha value is -1.58. The molecular formula is C16H25N3O. The molecular weight excluding hydrogens is 250 g/mol. The van der Waals surface area contributed by atoms with Gasteiger partial charge in [0.05, 0.1) is 11.9 Å². The van der Waals surface area contributed by atoms with E-state index in [0.717, 1.165) is 12.1 Å². The van der Waals surface area contributed by atoms with Crippen LogP contribution in [-0.2, 0) is 0 Å². The van der Waals surface area contributed by atoms with Gasteiger partial charge in [0.1, 0.15) is 5.69 Å². The first-order valence-electron chi connectivity index (χ1n) is 7.56. The molecule has 4 nitrogen and oxygen atoms in total. The predicted molar refractivity (Wildman–Crippen MR) is 81.8 cm³/mol. The molecule has 0 spiro atoms. The highest BCUT2D eigenvalue weighted by Crippen LogP contribution is 2.30. The van der Waals surface area contributed by atoms with E-state index in [1.807, 2.05) is 13.1 Å². The van der Waals surface area contributed by atoms with Crippen LogP contribution in [0.2, 0.25) is 0 Å². The predicted octanol–water partition coefficient (Wildman–Crippen LogP) is 3.07. The topological polar surface area (TPSA) is 54.0 Å². The van der Waals surface area contributed by atoms with Crippen molar-refractivity contribution in [2.24, 2.45) is 11.8 Å². The van der Waals surface area contributed by atoms with E-state index in [2.05, 4.69) is 29.5 Å². The first-order valence-corrected chi connectivity index (χ1v) is 7.56. The fourth-order valence-electron chi connectivity index (χ4n) is 3.06. The Morgan fingerprint density at radius 1 is 1.30 bits per heavy atom. The molecule has 2 rings (SSSR count). The van der Waals surface area contributed by atoms with E-state index < -0.39 is 0 Å². The number of hydrogen-bond acceptors (Lipinski definition) is 3. The van der Waals surface area contributed by atoms with Gasteiger partial charge in [0.15, 0.2) is 0 Å². The van der Waals surface area contributed by atoms with E-state index in [4.69, 9.17) is 0 Å². The average Bonchev–Trinajstić information content (AvgIpc) is 2.47. The number of rotatable bonds is 4. The van der Waals surface area contributed by atoms with Gasteiger partial charge in [-0.1, -0.05) is 26.7 Å².